The van der Waals surface area contributed by atoms with Crippen LogP contribution in [-0.2, 0) is 38.7 Å². The predicted molar refractivity (Wildman–Crippen MR) is 266 cm³/mol. The summed E-state index contributed by atoms with van der Waals surface area (Å²) in [5.41, 5.74) is 0. The van der Waals surface area contributed by atoms with Gasteiger partial charge in [0.15, 0.2) is 12.4 Å². The van der Waals surface area contributed by atoms with Crippen molar-refractivity contribution in [1.29, 1.82) is 0 Å². The third-order valence-corrected chi connectivity index (χ3v) is 13.3. The highest BCUT2D eigenvalue weighted by Gasteiger charge is 2.46. The fourth-order valence-corrected chi connectivity index (χ4v) is 9.05. The van der Waals surface area contributed by atoms with Crippen LogP contribution >= 0.6 is 0 Å². The molecule has 0 radical (unpaired) electrons. The molecular weight excluding hydrogens is 861 g/mol. The second-order valence-electron chi connectivity index (χ2n) is 18.9. The summed E-state index contributed by atoms with van der Waals surface area (Å²) >= 11 is 0. The maximum Gasteiger partial charge on any atom is 0.306 e. The van der Waals surface area contributed by atoms with E-state index >= 15 is 0 Å². The zero-order valence-corrected chi connectivity index (χ0v) is 42.6. The number of hydrogen-bond donors (Lipinski definition) is 4. The van der Waals surface area contributed by atoms with Gasteiger partial charge in [-0.15, -0.1) is 0 Å². The fraction of sp³-hybridized carbons (Fsp3) is 0.887. The molecule has 0 bridgehead atoms. The Bertz CT molecular complexity index is 1310. The van der Waals surface area contributed by atoms with Crippen LogP contribution < -0.4 is 0 Å². The first-order valence-electron chi connectivity index (χ1n) is 26.9. The van der Waals surface area contributed by atoms with Crippen molar-refractivity contribution in [3.8, 4) is 0 Å². The molecule has 0 amide bonds. The zero-order chi connectivity index (χ0) is 48.4. The molecule has 0 aromatic carbocycles. The fourth-order valence-electron chi connectivity index (χ4n) is 8.36. The highest BCUT2D eigenvalue weighted by atomic mass is 32.2. The van der Waals surface area contributed by atoms with E-state index in [1.54, 1.807) is 0 Å². The summed E-state index contributed by atoms with van der Waals surface area (Å²) in [6, 6.07) is 0. The minimum Gasteiger partial charge on any atom is -0.462 e. The van der Waals surface area contributed by atoms with Gasteiger partial charge in [0.2, 0.25) is 0 Å². The number of unbranched alkanes of at least 4 members (excludes halogenated alkanes) is 30. The van der Waals surface area contributed by atoms with Gasteiger partial charge in [0.05, 0.1) is 6.61 Å². The predicted octanol–water partition coefficient (Wildman–Crippen LogP) is 12.3. The van der Waals surface area contributed by atoms with Crippen molar-refractivity contribution in [2.24, 2.45) is 0 Å². The number of ether oxygens (including phenoxy) is 4. The molecule has 1 aliphatic heterocycles. The Hall–Kier alpha value is -1.87. The molecule has 0 aromatic rings. The van der Waals surface area contributed by atoms with Crippen molar-refractivity contribution in [1.82, 2.24) is 0 Å². The van der Waals surface area contributed by atoms with Crippen LogP contribution in [0.25, 0.3) is 0 Å². The van der Waals surface area contributed by atoms with Gasteiger partial charge in [0, 0.05) is 12.8 Å². The maximum atomic E-state index is 12.9. The van der Waals surface area contributed by atoms with Gasteiger partial charge < -0.3 is 34.3 Å². The van der Waals surface area contributed by atoms with Gasteiger partial charge in [0.25, 0.3) is 10.1 Å². The van der Waals surface area contributed by atoms with Gasteiger partial charge in [-0.1, -0.05) is 212 Å². The minimum absolute atomic E-state index is 0.168. The van der Waals surface area contributed by atoms with Crippen molar-refractivity contribution in [3.63, 3.8) is 0 Å². The van der Waals surface area contributed by atoms with E-state index in [0.29, 0.717) is 12.8 Å². The Balaban J connectivity index is 2.34. The molecule has 1 rings (SSSR count). The standard InChI is InChI=1S/C53H98O12S/c1-3-5-7-9-11-13-15-17-19-21-22-23-24-26-28-30-32-34-36-38-40-42-49(55)64-46(44-63-53-52(58)51(57)50(56)47(65-53)45-66(59,60)61)43-62-48(54)41-39-37-35-33-31-29-27-25-20-18-16-14-12-10-8-6-4-2/h12,14,18,20,46-47,50-53,56-58H,3-11,13,15-17,19,21-45H2,1-2H3,(H,59,60,61)/b14-12+,20-18+/t46-,47-,50-,51?,52?,53+/m1/s1. The number of esters is 2. The molecule has 66 heavy (non-hydrogen) atoms. The Kier molecular flexibility index (Phi) is 40.7. The number of rotatable bonds is 46. The summed E-state index contributed by atoms with van der Waals surface area (Å²) in [4.78, 5) is 25.6. The number of carbonyl (C=O) groups is 2. The summed E-state index contributed by atoms with van der Waals surface area (Å²) in [5, 5.41) is 31.0. The van der Waals surface area contributed by atoms with Crippen molar-refractivity contribution in [2.45, 2.75) is 282 Å². The maximum absolute atomic E-state index is 12.9. The number of hydrogen-bond acceptors (Lipinski definition) is 11. The molecule has 0 saturated carbocycles. The van der Waals surface area contributed by atoms with Gasteiger partial charge >= 0.3 is 11.9 Å². The van der Waals surface area contributed by atoms with Crippen molar-refractivity contribution < 1.29 is 56.8 Å². The normalized spacial score (nSPS) is 19.5. The molecule has 1 heterocycles. The third kappa shape index (κ3) is 37.1. The van der Waals surface area contributed by atoms with E-state index in [4.69, 9.17) is 18.9 Å². The van der Waals surface area contributed by atoms with Crippen LogP contribution in [0.5, 0.6) is 0 Å². The smallest absolute Gasteiger partial charge is 0.306 e. The van der Waals surface area contributed by atoms with E-state index in [2.05, 4.69) is 38.2 Å². The molecule has 0 spiro atoms. The molecule has 1 aliphatic rings. The third-order valence-electron chi connectivity index (χ3n) is 12.5. The van der Waals surface area contributed by atoms with E-state index in [1.807, 2.05) is 0 Å². The van der Waals surface area contributed by atoms with E-state index in [-0.39, 0.29) is 19.4 Å². The molecule has 6 atom stereocenters. The lowest BCUT2D eigenvalue weighted by Crippen LogP contribution is -2.60. The second-order valence-corrected chi connectivity index (χ2v) is 20.4. The summed E-state index contributed by atoms with van der Waals surface area (Å²) < 4.78 is 54.3. The summed E-state index contributed by atoms with van der Waals surface area (Å²) in [7, 11) is -4.60. The first kappa shape index (κ1) is 62.1. The average Bonchev–Trinajstić information content (AvgIpc) is 3.28. The Morgan fingerprint density at radius 3 is 1.36 bits per heavy atom. The van der Waals surface area contributed by atoms with Crippen LogP contribution in [0.15, 0.2) is 24.3 Å². The average molecular weight is 959 g/mol. The van der Waals surface area contributed by atoms with Crippen molar-refractivity contribution in [3.05, 3.63) is 24.3 Å². The van der Waals surface area contributed by atoms with E-state index < -0.39 is 71.2 Å². The quantitative estimate of drug-likeness (QED) is 0.0196. The summed E-state index contributed by atoms with van der Waals surface area (Å²) in [6.45, 7) is 3.77. The van der Waals surface area contributed by atoms with Crippen LogP contribution in [0, 0.1) is 0 Å². The van der Waals surface area contributed by atoms with E-state index in [1.165, 1.54) is 148 Å². The van der Waals surface area contributed by atoms with Gasteiger partial charge in [-0.3, -0.25) is 14.1 Å². The first-order chi connectivity index (χ1) is 32.0. The topological polar surface area (TPSA) is 186 Å². The molecule has 1 saturated heterocycles. The molecule has 12 nitrogen and oxygen atoms in total. The molecular formula is C53H98O12S. The molecule has 0 aliphatic carbocycles. The van der Waals surface area contributed by atoms with Crippen LogP contribution in [0.3, 0.4) is 0 Å². The Morgan fingerprint density at radius 2 is 0.909 bits per heavy atom. The van der Waals surface area contributed by atoms with E-state index in [0.717, 1.165) is 57.8 Å². The Labute approximate surface area is 402 Å². The number of aliphatic hydroxyl groups excluding tert-OH is 3. The minimum atomic E-state index is -4.60. The first-order valence-corrected chi connectivity index (χ1v) is 28.5. The Morgan fingerprint density at radius 1 is 0.515 bits per heavy atom. The molecule has 388 valence electrons. The summed E-state index contributed by atoms with van der Waals surface area (Å²) in [5.74, 6) is -1.98. The molecule has 13 heteroatoms. The van der Waals surface area contributed by atoms with Gasteiger partial charge in [0.1, 0.15) is 36.8 Å². The SMILES string of the molecule is CCCCC/C=C/C/C=C/CCCCCCCCCC(=O)OC[C@H](CO[C@H]1O[C@H](CS(=O)(=O)O)[C@@H](O)C(O)C1O)OC(=O)CCCCCCCCCCCCCCCCCCCCCCC. The zero-order valence-electron chi connectivity index (χ0n) is 41.8. The van der Waals surface area contributed by atoms with Gasteiger partial charge in [-0.2, -0.15) is 8.42 Å². The molecule has 0 aromatic heterocycles. The second kappa shape index (κ2) is 43.2. The highest BCUT2D eigenvalue weighted by Crippen LogP contribution is 2.24. The van der Waals surface area contributed by atoms with Gasteiger partial charge in [-0.25, -0.2) is 0 Å². The van der Waals surface area contributed by atoms with Crippen LogP contribution in [0.2, 0.25) is 0 Å². The van der Waals surface area contributed by atoms with Crippen molar-refractivity contribution in [2.75, 3.05) is 19.0 Å². The van der Waals surface area contributed by atoms with E-state index in [9.17, 15) is 37.9 Å². The number of aliphatic hydroxyl groups is 3. The lowest BCUT2D eigenvalue weighted by atomic mass is 10.00. The van der Waals surface area contributed by atoms with Crippen LogP contribution in [-0.4, -0.2) is 96.0 Å². The number of carbonyl (C=O) groups excluding carboxylic acids is 2. The lowest BCUT2D eigenvalue weighted by Gasteiger charge is -2.40. The van der Waals surface area contributed by atoms with Gasteiger partial charge in [-0.05, 0) is 44.9 Å². The summed E-state index contributed by atoms with van der Waals surface area (Å²) in [6.07, 6.45) is 40.7. The largest absolute Gasteiger partial charge is 0.462 e. The molecule has 4 N–H and O–H groups in total. The van der Waals surface area contributed by atoms with Crippen molar-refractivity contribution >= 4 is 22.1 Å². The van der Waals surface area contributed by atoms with Crippen LogP contribution in [0.4, 0.5) is 0 Å². The lowest BCUT2D eigenvalue weighted by molar-refractivity contribution is -0.297. The highest BCUT2D eigenvalue weighted by molar-refractivity contribution is 7.85. The molecule has 1 fully saturated rings. The molecule has 2 unspecified atom stereocenters. The monoisotopic (exact) mass is 959 g/mol. The van der Waals surface area contributed by atoms with Crippen LogP contribution in [0.1, 0.15) is 245 Å². The number of allylic oxidation sites excluding steroid dienone is 4.